The lowest BCUT2D eigenvalue weighted by Crippen LogP contribution is -2.25. The second kappa shape index (κ2) is 6.55. The Morgan fingerprint density at radius 1 is 1.43 bits per heavy atom. The Balaban J connectivity index is 2.32. The normalized spacial score (nSPS) is 12.7. The Kier molecular flexibility index (Phi) is 5.23. The first-order chi connectivity index (χ1) is 6.86. The van der Waals surface area contributed by atoms with Crippen molar-refractivity contribution in [3.05, 3.63) is 30.1 Å². The van der Waals surface area contributed by atoms with Gasteiger partial charge in [0.1, 0.15) is 0 Å². The largest absolute Gasteiger partial charge is 0.317 e. The minimum atomic E-state index is 0.653. The third kappa shape index (κ3) is 3.88. The molecule has 0 fully saturated rings. The lowest BCUT2D eigenvalue weighted by atomic mass is 10.0. The summed E-state index contributed by atoms with van der Waals surface area (Å²) in [5, 5.41) is 3.35. The third-order valence-corrected chi connectivity index (χ3v) is 2.55. The minimum absolute atomic E-state index is 0.653. The van der Waals surface area contributed by atoms with E-state index in [1.807, 2.05) is 25.5 Å². The first-order valence-corrected chi connectivity index (χ1v) is 5.43. The van der Waals surface area contributed by atoms with Gasteiger partial charge >= 0.3 is 0 Å². The fourth-order valence-corrected chi connectivity index (χ4v) is 1.67. The molecule has 1 aromatic rings. The summed E-state index contributed by atoms with van der Waals surface area (Å²) < 4.78 is 0. The molecule has 1 N–H and O–H groups in total. The van der Waals surface area contributed by atoms with Crippen LogP contribution in [0.15, 0.2) is 24.5 Å². The summed E-state index contributed by atoms with van der Waals surface area (Å²) in [4.78, 5) is 4.11. The van der Waals surface area contributed by atoms with Crippen LogP contribution in [0.2, 0.25) is 0 Å². The maximum atomic E-state index is 4.11. The number of nitrogens with zero attached hydrogens (tertiary/aromatic N) is 1. The van der Waals surface area contributed by atoms with Gasteiger partial charge in [-0.3, -0.25) is 4.98 Å². The summed E-state index contributed by atoms with van der Waals surface area (Å²) in [7, 11) is 2.05. The highest BCUT2D eigenvalue weighted by Crippen LogP contribution is 2.07. The minimum Gasteiger partial charge on any atom is -0.317 e. The van der Waals surface area contributed by atoms with Gasteiger partial charge in [0.2, 0.25) is 0 Å². The van der Waals surface area contributed by atoms with Gasteiger partial charge in [0, 0.05) is 18.4 Å². The SMILES string of the molecule is CCCC(CCc1cccnc1)NC. The number of aromatic nitrogens is 1. The molecule has 1 unspecified atom stereocenters. The third-order valence-electron chi connectivity index (χ3n) is 2.55. The van der Waals surface area contributed by atoms with Crippen LogP contribution in [0.5, 0.6) is 0 Å². The van der Waals surface area contributed by atoms with E-state index in [1.165, 1.54) is 24.8 Å². The van der Waals surface area contributed by atoms with Crippen molar-refractivity contribution in [2.75, 3.05) is 7.05 Å². The van der Waals surface area contributed by atoms with Crippen molar-refractivity contribution in [1.29, 1.82) is 0 Å². The van der Waals surface area contributed by atoms with Crippen LogP contribution < -0.4 is 5.32 Å². The fraction of sp³-hybridized carbons (Fsp3) is 0.583. The van der Waals surface area contributed by atoms with Gasteiger partial charge in [-0.05, 0) is 37.9 Å². The van der Waals surface area contributed by atoms with E-state index in [-0.39, 0.29) is 0 Å². The van der Waals surface area contributed by atoms with Crippen molar-refractivity contribution in [2.45, 2.75) is 38.6 Å². The molecule has 0 aromatic carbocycles. The molecular weight excluding hydrogens is 172 g/mol. The monoisotopic (exact) mass is 192 g/mol. The smallest absolute Gasteiger partial charge is 0.0299 e. The number of hydrogen-bond acceptors (Lipinski definition) is 2. The molecule has 1 aromatic heterocycles. The Morgan fingerprint density at radius 3 is 2.86 bits per heavy atom. The van der Waals surface area contributed by atoms with E-state index in [4.69, 9.17) is 0 Å². The quantitative estimate of drug-likeness (QED) is 0.748. The molecule has 0 saturated carbocycles. The summed E-state index contributed by atoms with van der Waals surface area (Å²) in [5.41, 5.74) is 1.34. The second-order valence-corrected chi connectivity index (χ2v) is 3.67. The van der Waals surface area contributed by atoms with E-state index >= 15 is 0 Å². The molecule has 0 saturated heterocycles. The molecule has 1 heterocycles. The van der Waals surface area contributed by atoms with E-state index in [1.54, 1.807) is 0 Å². The lowest BCUT2D eigenvalue weighted by Gasteiger charge is -2.14. The summed E-state index contributed by atoms with van der Waals surface area (Å²) in [5.74, 6) is 0. The molecule has 0 radical (unpaired) electrons. The predicted octanol–water partition coefficient (Wildman–Crippen LogP) is 2.40. The molecule has 0 aliphatic carbocycles. The van der Waals surface area contributed by atoms with Crippen LogP contribution in [0, 0.1) is 0 Å². The molecule has 1 rings (SSSR count). The summed E-state index contributed by atoms with van der Waals surface area (Å²) >= 11 is 0. The summed E-state index contributed by atoms with van der Waals surface area (Å²) in [6, 6.07) is 4.80. The van der Waals surface area contributed by atoms with Crippen LogP contribution in [0.4, 0.5) is 0 Å². The van der Waals surface area contributed by atoms with Gasteiger partial charge < -0.3 is 5.32 Å². The van der Waals surface area contributed by atoms with Crippen LogP contribution in [-0.4, -0.2) is 18.1 Å². The molecule has 14 heavy (non-hydrogen) atoms. The summed E-state index contributed by atoms with van der Waals surface area (Å²) in [6.07, 6.45) is 8.62. The average molecular weight is 192 g/mol. The van der Waals surface area contributed by atoms with Crippen LogP contribution in [0.3, 0.4) is 0 Å². The number of aryl methyl sites for hydroxylation is 1. The average Bonchev–Trinajstić information content (AvgIpc) is 2.25. The zero-order chi connectivity index (χ0) is 10.2. The zero-order valence-electron chi connectivity index (χ0n) is 9.16. The number of pyridine rings is 1. The van der Waals surface area contributed by atoms with Gasteiger partial charge in [0.15, 0.2) is 0 Å². The standard InChI is InChI=1S/C12H20N2/c1-3-5-12(13-2)8-7-11-6-4-9-14-10-11/h4,6,9-10,12-13H,3,5,7-8H2,1-2H3. The van der Waals surface area contributed by atoms with Gasteiger partial charge in [-0.25, -0.2) is 0 Å². The molecule has 0 aliphatic rings. The highest BCUT2D eigenvalue weighted by atomic mass is 14.9. The molecule has 0 spiro atoms. The van der Waals surface area contributed by atoms with Gasteiger partial charge in [-0.1, -0.05) is 19.4 Å². The van der Waals surface area contributed by atoms with Crippen molar-refractivity contribution < 1.29 is 0 Å². The van der Waals surface area contributed by atoms with Gasteiger partial charge in [0.05, 0.1) is 0 Å². The molecule has 0 amide bonds. The maximum absolute atomic E-state index is 4.11. The number of rotatable bonds is 6. The van der Waals surface area contributed by atoms with Crippen LogP contribution >= 0.6 is 0 Å². The number of hydrogen-bond donors (Lipinski definition) is 1. The molecule has 2 heteroatoms. The zero-order valence-corrected chi connectivity index (χ0v) is 9.16. The van der Waals surface area contributed by atoms with E-state index in [9.17, 15) is 0 Å². The van der Waals surface area contributed by atoms with Crippen molar-refractivity contribution in [3.63, 3.8) is 0 Å². The summed E-state index contributed by atoms with van der Waals surface area (Å²) in [6.45, 7) is 2.23. The number of nitrogens with one attached hydrogen (secondary N) is 1. The highest BCUT2D eigenvalue weighted by Gasteiger charge is 2.04. The first kappa shape index (κ1) is 11.2. The van der Waals surface area contributed by atoms with Crippen LogP contribution in [0.1, 0.15) is 31.7 Å². The topological polar surface area (TPSA) is 24.9 Å². The Labute approximate surface area is 86.8 Å². The van der Waals surface area contributed by atoms with Crippen LogP contribution in [0.25, 0.3) is 0 Å². The van der Waals surface area contributed by atoms with E-state index < -0.39 is 0 Å². The molecule has 2 nitrogen and oxygen atoms in total. The Morgan fingerprint density at radius 2 is 2.29 bits per heavy atom. The highest BCUT2D eigenvalue weighted by molar-refractivity contribution is 5.08. The van der Waals surface area contributed by atoms with E-state index in [0.717, 1.165) is 6.42 Å². The molecule has 78 valence electrons. The van der Waals surface area contributed by atoms with Gasteiger partial charge in [-0.15, -0.1) is 0 Å². The van der Waals surface area contributed by atoms with Crippen molar-refractivity contribution in [1.82, 2.24) is 10.3 Å². The predicted molar refractivity (Wildman–Crippen MR) is 60.3 cm³/mol. The van der Waals surface area contributed by atoms with E-state index in [0.29, 0.717) is 6.04 Å². The van der Waals surface area contributed by atoms with Crippen molar-refractivity contribution >= 4 is 0 Å². The van der Waals surface area contributed by atoms with Crippen molar-refractivity contribution in [3.8, 4) is 0 Å². The van der Waals surface area contributed by atoms with E-state index in [2.05, 4.69) is 23.3 Å². The molecule has 0 aliphatic heterocycles. The fourth-order valence-electron chi connectivity index (χ4n) is 1.67. The molecular formula is C12H20N2. The second-order valence-electron chi connectivity index (χ2n) is 3.67. The van der Waals surface area contributed by atoms with Crippen LogP contribution in [-0.2, 0) is 6.42 Å². The Hall–Kier alpha value is -0.890. The molecule has 1 atom stereocenters. The molecule has 0 bridgehead atoms. The van der Waals surface area contributed by atoms with Gasteiger partial charge in [0.25, 0.3) is 0 Å². The maximum Gasteiger partial charge on any atom is 0.0299 e. The first-order valence-electron chi connectivity index (χ1n) is 5.43. The lowest BCUT2D eigenvalue weighted by molar-refractivity contribution is 0.484. The Bertz CT molecular complexity index is 233. The van der Waals surface area contributed by atoms with Crippen molar-refractivity contribution in [2.24, 2.45) is 0 Å². The van der Waals surface area contributed by atoms with Gasteiger partial charge in [-0.2, -0.15) is 0 Å².